The maximum Gasteiger partial charge on any atom is 0.306 e. The molecule has 6 heteroatoms. The molecule has 0 aliphatic rings. The first-order valence-corrected chi connectivity index (χ1v) is 34.7. The van der Waals surface area contributed by atoms with Gasteiger partial charge in [0, 0.05) is 19.3 Å². The standard InChI is InChI=1S/C75H130O6/c1-4-7-10-13-16-19-22-25-28-30-32-34-36-37-39-40-42-44-47-50-53-56-59-62-65-68-74(77)80-71-72(70-79-73(76)67-64-61-58-55-52-49-46-27-24-21-18-15-12-9-6-3)81-75(78)69-66-63-60-57-54-51-48-45-43-41-38-35-33-31-29-26-23-20-17-14-11-8-5-2/h7,10,16,18-19,21,25,27-28,31-34,37,39,46,72H,4-6,8-9,11-15,17,20,22-24,26,29-30,35-36,38,40-45,47-71H2,1-3H3/b10-7-,19-16-,21-18-,28-25-,33-31-,34-32-,39-37-,46-27-. The number of unbranched alkanes of at least 4 members (excludes halogenated alkanes) is 36. The summed E-state index contributed by atoms with van der Waals surface area (Å²) < 4.78 is 17.0. The van der Waals surface area contributed by atoms with Gasteiger partial charge in [-0.3, -0.25) is 14.4 Å². The third kappa shape index (κ3) is 67.0. The van der Waals surface area contributed by atoms with Gasteiger partial charge in [-0.15, -0.1) is 0 Å². The molecule has 0 N–H and O–H groups in total. The maximum atomic E-state index is 13.0. The summed E-state index contributed by atoms with van der Waals surface area (Å²) in [5.74, 6) is -0.890. The topological polar surface area (TPSA) is 78.9 Å². The van der Waals surface area contributed by atoms with E-state index >= 15 is 0 Å². The molecule has 0 radical (unpaired) electrons. The van der Waals surface area contributed by atoms with Crippen molar-refractivity contribution in [1.29, 1.82) is 0 Å². The van der Waals surface area contributed by atoms with Crippen LogP contribution in [0.3, 0.4) is 0 Å². The Labute approximate surface area is 502 Å². The van der Waals surface area contributed by atoms with E-state index in [4.69, 9.17) is 14.2 Å². The van der Waals surface area contributed by atoms with Crippen LogP contribution in [0.2, 0.25) is 0 Å². The van der Waals surface area contributed by atoms with Crippen LogP contribution in [0.5, 0.6) is 0 Å². The molecular weight excluding hydrogens is 997 g/mol. The summed E-state index contributed by atoms with van der Waals surface area (Å²) in [5, 5.41) is 0. The zero-order chi connectivity index (χ0) is 58.5. The van der Waals surface area contributed by atoms with Gasteiger partial charge in [0.15, 0.2) is 6.10 Å². The summed E-state index contributed by atoms with van der Waals surface area (Å²) in [7, 11) is 0. The Kier molecular flexibility index (Phi) is 65.7. The molecule has 0 bridgehead atoms. The minimum absolute atomic E-state index is 0.0843. The molecule has 0 rings (SSSR count). The first-order valence-electron chi connectivity index (χ1n) is 34.7. The third-order valence-corrected chi connectivity index (χ3v) is 15.0. The van der Waals surface area contributed by atoms with Gasteiger partial charge in [-0.25, -0.2) is 0 Å². The number of carbonyl (C=O) groups is 3. The van der Waals surface area contributed by atoms with Gasteiger partial charge in [0.05, 0.1) is 0 Å². The molecule has 0 spiro atoms. The highest BCUT2D eigenvalue weighted by atomic mass is 16.6. The summed E-state index contributed by atoms with van der Waals surface area (Å²) in [6.45, 7) is 6.52. The molecule has 0 aromatic carbocycles. The van der Waals surface area contributed by atoms with E-state index in [1.165, 1.54) is 186 Å². The minimum Gasteiger partial charge on any atom is -0.462 e. The van der Waals surface area contributed by atoms with Gasteiger partial charge < -0.3 is 14.2 Å². The van der Waals surface area contributed by atoms with Crippen LogP contribution in [0.1, 0.15) is 342 Å². The molecule has 1 unspecified atom stereocenters. The zero-order valence-corrected chi connectivity index (χ0v) is 53.5. The second kappa shape index (κ2) is 68.8. The Balaban J connectivity index is 4.35. The fourth-order valence-corrected chi connectivity index (χ4v) is 9.85. The molecule has 0 aromatic rings. The lowest BCUT2D eigenvalue weighted by Crippen LogP contribution is -2.30. The van der Waals surface area contributed by atoms with Gasteiger partial charge >= 0.3 is 17.9 Å². The fourth-order valence-electron chi connectivity index (χ4n) is 9.85. The Bertz CT molecular complexity index is 1580. The van der Waals surface area contributed by atoms with Crippen molar-refractivity contribution in [2.75, 3.05) is 13.2 Å². The highest BCUT2D eigenvalue weighted by molar-refractivity contribution is 5.71. The van der Waals surface area contributed by atoms with E-state index in [0.717, 1.165) is 116 Å². The molecule has 1 atom stereocenters. The highest BCUT2D eigenvalue weighted by Gasteiger charge is 2.19. The predicted molar refractivity (Wildman–Crippen MR) is 353 cm³/mol. The fraction of sp³-hybridized carbons (Fsp3) is 0.747. The average Bonchev–Trinajstić information content (AvgIpc) is 3.47. The second-order valence-electron chi connectivity index (χ2n) is 23.1. The van der Waals surface area contributed by atoms with Crippen molar-refractivity contribution in [3.63, 3.8) is 0 Å². The lowest BCUT2D eigenvalue weighted by molar-refractivity contribution is -0.167. The summed E-state index contributed by atoms with van der Waals surface area (Å²) in [4.78, 5) is 38.4. The van der Waals surface area contributed by atoms with Crippen molar-refractivity contribution in [1.82, 2.24) is 0 Å². The molecule has 0 saturated heterocycles. The second-order valence-corrected chi connectivity index (χ2v) is 23.1. The quantitative estimate of drug-likeness (QED) is 0.0261. The molecule has 0 aliphatic carbocycles. The number of allylic oxidation sites excluding steroid dienone is 16. The molecule has 0 fully saturated rings. The van der Waals surface area contributed by atoms with Crippen LogP contribution in [0, 0.1) is 0 Å². The van der Waals surface area contributed by atoms with Crippen LogP contribution < -0.4 is 0 Å². The molecule has 6 nitrogen and oxygen atoms in total. The van der Waals surface area contributed by atoms with Crippen LogP contribution in [-0.4, -0.2) is 37.2 Å². The lowest BCUT2D eigenvalue weighted by Gasteiger charge is -2.18. The van der Waals surface area contributed by atoms with E-state index in [0.29, 0.717) is 19.3 Å². The Morgan fingerprint density at radius 1 is 0.259 bits per heavy atom. The van der Waals surface area contributed by atoms with E-state index in [1.807, 2.05) is 0 Å². The van der Waals surface area contributed by atoms with Gasteiger partial charge in [-0.05, 0) is 122 Å². The average molecular weight is 1130 g/mol. The lowest BCUT2D eigenvalue weighted by atomic mass is 10.0. The van der Waals surface area contributed by atoms with Crippen molar-refractivity contribution in [3.05, 3.63) is 97.2 Å². The van der Waals surface area contributed by atoms with Gasteiger partial charge in [0.1, 0.15) is 13.2 Å². The van der Waals surface area contributed by atoms with Gasteiger partial charge in [0.2, 0.25) is 0 Å². The third-order valence-electron chi connectivity index (χ3n) is 15.0. The number of hydrogen-bond acceptors (Lipinski definition) is 6. The summed E-state index contributed by atoms with van der Waals surface area (Å²) in [6, 6.07) is 0. The van der Waals surface area contributed by atoms with E-state index < -0.39 is 6.10 Å². The van der Waals surface area contributed by atoms with Crippen molar-refractivity contribution >= 4 is 17.9 Å². The monoisotopic (exact) mass is 1130 g/mol. The van der Waals surface area contributed by atoms with Crippen LogP contribution >= 0.6 is 0 Å². The van der Waals surface area contributed by atoms with Crippen molar-refractivity contribution in [2.24, 2.45) is 0 Å². The van der Waals surface area contributed by atoms with Gasteiger partial charge in [0.25, 0.3) is 0 Å². The number of esters is 3. The van der Waals surface area contributed by atoms with Crippen LogP contribution in [0.4, 0.5) is 0 Å². The van der Waals surface area contributed by atoms with E-state index in [1.54, 1.807) is 0 Å². The maximum absolute atomic E-state index is 13.0. The van der Waals surface area contributed by atoms with Crippen molar-refractivity contribution in [3.8, 4) is 0 Å². The summed E-state index contributed by atoms with van der Waals surface area (Å²) in [6.07, 6.45) is 92.8. The molecule has 0 heterocycles. The first kappa shape index (κ1) is 77.3. The zero-order valence-electron chi connectivity index (χ0n) is 53.5. The number of carbonyl (C=O) groups excluding carboxylic acids is 3. The van der Waals surface area contributed by atoms with Crippen LogP contribution in [-0.2, 0) is 28.6 Å². The number of rotatable bonds is 63. The number of ether oxygens (including phenoxy) is 3. The van der Waals surface area contributed by atoms with E-state index in [-0.39, 0.29) is 31.1 Å². The van der Waals surface area contributed by atoms with Crippen molar-refractivity contribution < 1.29 is 28.6 Å². The molecule has 466 valence electrons. The largest absolute Gasteiger partial charge is 0.462 e. The Morgan fingerprint density at radius 2 is 0.481 bits per heavy atom. The van der Waals surface area contributed by atoms with Gasteiger partial charge in [-0.2, -0.15) is 0 Å². The van der Waals surface area contributed by atoms with Crippen LogP contribution in [0.15, 0.2) is 97.2 Å². The van der Waals surface area contributed by atoms with Gasteiger partial charge in [-0.1, -0.05) is 298 Å². The summed E-state index contributed by atoms with van der Waals surface area (Å²) >= 11 is 0. The Morgan fingerprint density at radius 3 is 0.790 bits per heavy atom. The molecule has 0 aromatic heterocycles. The SMILES string of the molecule is CC/C=C\C/C=C\C/C=C\C/C=C\C/C=C\CCCCCCCCCCCC(=O)OCC(COC(=O)CCCCCCC/C=C\C/C=C\CCCCC)OC(=O)CCCCCCCCCCCCC/C=C\CCCCCCCCCC. The van der Waals surface area contributed by atoms with Crippen LogP contribution in [0.25, 0.3) is 0 Å². The molecule has 81 heavy (non-hydrogen) atoms. The first-order chi connectivity index (χ1) is 40.0. The Hall–Kier alpha value is -3.67. The molecular formula is C75H130O6. The smallest absolute Gasteiger partial charge is 0.306 e. The minimum atomic E-state index is -0.789. The predicted octanol–water partition coefficient (Wildman–Crippen LogP) is 24.0. The normalized spacial score (nSPS) is 12.7. The van der Waals surface area contributed by atoms with Crippen molar-refractivity contribution in [2.45, 2.75) is 348 Å². The van der Waals surface area contributed by atoms with E-state index in [2.05, 4.69) is 118 Å². The molecule has 0 aliphatic heterocycles. The number of hydrogen-bond donors (Lipinski definition) is 0. The summed E-state index contributed by atoms with van der Waals surface area (Å²) in [5.41, 5.74) is 0. The molecule has 0 amide bonds. The highest BCUT2D eigenvalue weighted by Crippen LogP contribution is 2.17. The molecule has 0 saturated carbocycles. The van der Waals surface area contributed by atoms with E-state index in [9.17, 15) is 14.4 Å².